The topological polar surface area (TPSA) is 50.4 Å². The molecule has 0 saturated heterocycles. The number of carboxylic acid groups (broad SMARTS) is 1. The Balaban J connectivity index is 1.86. The third-order valence-electron chi connectivity index (χ3n) is 3.90. The van der Waals surface area contributed by atoms with E-state index in [4.69, 9.17) is 9.52 Å². The van der Waals surface area contributed by atoms with Gasteiger partial charge in [-0.15, -0.1) is 0 Å². The highest BCUT2D eigenvalue weighted by atomic mass is 16.4. The van der Waals surface area contributed by atoms with Gasteiger partial charge in [0.2, 0.25) is 0 Å². The van der Waals surface area contributed by atoms with Crippen LogP contribution in [0.5, 0.6) is 0 Å². The summed E-state index contributed by atoms with van der Waals surface area (Å²) in [6, 6.07) is 15.8. The molecule has 1 heterocycles. The van der Waals surface area contributed by atoms with Crippen LogP contribution in [0.15, 0.2) is 52.9 Å². The molecule has 2 aromatic carbocycles. The summed E-state index contributed by atoms with van der Waals surface area (Å²) in [5.41, 5.74) is 3.84. The molecule has 0 spiro atoms. The van der Waals surface area contributed by atoms with E-state index in [0.29, 0.717) is 5.76 Å². The van der Waals surface area contributed by atoms with E-state index in [2.05, 4.69) is 11.8 Å². The zero-order valence-corrected chi connectivity index (χ0v) is 13.7. The predicted octanol–water partition coefficient (Wildman–Crippen LogP) is 4.72. The first-order chi connectivity index (χ1) is 11.5. The minimum Gasteiger partial charge on any atom is -0.481 e. The van der Waals surface area contributed by atoms with Crippen LogP contribution >= 0.6 is 0 Å². The van der Waals surface area contributed by atoms with Gasteiger partial charge in [-0.1, -0.05) is 36.5 Å². The molecule has 0 bridgehead atoms. The molecule has 120 valence electrons. The van der Waals surface area contributed by atoms with E-state index in [1.165, 1.54) is 5.56 Å². The summed E-state index contributed by atoms with van der Waals surface area (Å²) in [6.45, 7) is 3.90. The number of aryl methyl sites for hydroxylation is 1. The molecule has 0 radical (unpaired) electrons. The molecule has 0 aliphatic heterocycles. The normalized spacial score (nSPS) is 11.8. The number of hydrogen-bond acceptors (Lipinski definition) is 2. The number of hydrogen-bond donors (Lipinski definition) is 1. The van der Waals surface area contributed by atoms with Crippen LogP contribution in [0.25, 0.3) is 11.0 Å². The fourth-order valence-electron chi connectivity index (χ4n) is 2.53. The molecule has 3 rings (SSSR count). The number of carboxylic acids is 1. The van der Waals surface area contributed by atoms with Crippen LogP contribution in [0.1, 0.15) is 41.7 Å². The zero-order chi connectivity index (χ0) is 17.1. The second-order valence-electron chi connectivity index (χ2n) is 6.02. The monoisotopic (exact) mass is 318 g/mol. The lowest BCUT2D eigenvalue weighted by atomic mass is 10.0. The van der Waals surface area contributed by atoms with Gasteiger partial charge in [-0.25, -0.2) is 0 Å². The summed E-state index contributed by atoms with van der Waals surface area (Å²) in [4.78, 5) is 10.8. The molecule has 0 saturated carbocycles. The summed E-state index contributed by atoms with van der Waals surface area (Å²) in [5, 5.41) is 9.84. The summed E-state index contributed by atoms with van der Waals surface area (Å²) in [5.74, 6) is 6.02. The molecule has 1 atom stereocenters. The van der Waals surface area contributed by atoms with E-state index in [1.54, 1.807) is 0 Å². The van der Waals surface area contributed by atoms with Gasteiger partial charge in [-0.3, -0.25) is 4.79 Å². The SMILES string of the molecule is Cc1ccc(C#Cc2ccc3oc([C@H](C)CC(=O)O)cc3c2)cc1. The van der Waals surface area contributed by atoms with Crippen LogP contribution in [0.3, 0.4) is 0 Å². The summed E-state index contributed by atoms with van der Waals surface area (Å²) in [6.07, 6.45) is 0.0555. The summed E-state index contributed by atoms with van der Waals surface area (Å²) < 4.78 is 5.75. The minimum atomic E-state index is -0.826. The third kappa shape index (κ3) is 3.67. The number of furan rings is 1. The van der Waals surface area contributed by atoms with Crippen molar-refractivity contribution in [3.8, 4) is 11.8 Å². The van der Waals surface area contributed by atoms with Gasteiger partial charge in [0, 0.05) is 22.4 Å². The first-order valence-electron chi connectivity index (χ1n) is 7.85. The second kappa shape index (κ2) is 6.64. The van der Waals surface area contributed by atoms with Crippen LogP contribution in [-0.4, -0.2) is 11.1 Å². The first kappa shape index (κ1) is 15.9. The van der Waals surface area contributed by atoms with Crippen LogP contribution in [0.2, 0.25) is 0 Å². The third-order valence-corrected chi connectivity index (χ3v) is 3.90. The largest absolute Gasteiger partial charge is 0.481 e. The number of aliphatic carboxylic acids is 1. The molecular weight excluding hydrogens is 300 g/mol. The van der Waals surface area contributed by atoms with Crippen molar-refractivity contribution >= 4 is 16.9 Å². The number of fused-ring (bicyclic) bond motifs is 1. The molecule has 1 aromatic heterocycles. The Morgan fingerprint density at radius 3 is 2.46 bits per heavy atom. The van der Waals surface area contributed by atoms with Gasteiger partial charge >= 0.3 is 5.97 Å². The molecule has 1 N–H and O–H groups in total. The van der Waals surface area contributed by atoms with Crippen molar-refractivity contribution in [3.63, 3.8) is 0 Å². The van der Waals surface area contributed by atoms with E-state index >= 15 is 0 Å². The molecule has 3 nitrogen and oxygen atoms in total. The fraction of sp³-hybridized carbons (Fsp3) is 0.190. The molecule has 3 heteroatoms. The van der Waals surface area contributed by atoms with E-state index in [0.717, 1.165) is 22.1 Å². The zero-order valence-electron chi connectivity index (χ0n) is 13.7. The van der Waals surface area contributed by atoms with Gasteiger partial charge < -0.3 is 9.52 Å². The highest BCUT2D eigenvalue weighted by Crippen LogP contribution is 2.27. The lowest BCUT2D eigenvalue weighted by Gasteiger charge is -2.02. The molecule has 3 aromatic rings. The number of rotatable bonds is 3. The Kier molecular flexibility index (Phi) is 4.39. The molecule has 0 aliphatic rings. The molecular formula is C21H18O3. The van der Waals surface area contributed by atoms with Crippen molar-refractivity contribution in [2.75, 3.05) is 0 Å². The van der Waals surface area contributed by atoms with E-state index in [9.17, 15) is 4.79 Å². The van der Waals surface area contributed by atoms with E-state index in [1.807, 2.05) is 62.4 Å². The molecule has 24 heavy (non-hydrogen) atoms. The summed E-state index contributed by atoms with van der Waals surface area (Å²) >= 11 is 0. The predicted molar refractivity (Wildman–Crippen MR) is 94.0 cm³/mol. The molecule has 0 amide bonds. The van der Waals surface area contributed by atoms with Gasteiger partial charge in [-0.05, 0) is 43.3 Å². The molecule has 0 unspecified atom stereocenters. The smallest absolute Gasteiger partial charge is 0.304 e. The van der Waals surface area contributed by atoms with Gasteiger partial charge in [0.15, 0.2) is 0 Å². The van der Waals surface area contributed by atoms with Crippen LogP contribution < -0.4 is 0 Å². The number of carbonyl (C=O) groups is 1. The maximum atomic E-state index is 10.8. The Morgan fingerprint density at radius 2 is 1.75 bits per heavy atom. The van der Waals surface area contributed by atoms with Crippen molar-refractivity contribution in [2.45, 2.75) is 26.2 Å². The Labute approximate surface area is 140 Å². The van der Waals surface area contributed by atoms with Gasteiger partial charge in [0.1, 0.15) is 11.3 Å². The second-order valence-corrected chi connectivity index (χ2v) is 6.02. The first-order valence-corrected chi connectivity index (χ1v) is 7.85. The lowest BCUT2D eigenvalue weighted by molar-refractivity contribution is -0.137. The van der Waals surface area contributed by atoms with Crippen LogP contribution in [0, 0.1) is 18.8 Å². The Bertz CT molecular complexity index is 937. The van der Waals surface area contributed by atoms with Crippen molar-refractivity contribution in [3.05, 3.63) is 71.0 Å². The Morgan fingerprint density at radius 1 is 1.08 bits per heavy atom. The average molecular weight is 318 g/mol. The van der Waals surface area contributed by atoms with Gasteiger partial charge in [-0.2, -0.15) is 0 Å². The maximum Gasteiger partial charge on any atom is 0.304 e. The van der Waals surface area contributed by atoms with Crippen molar-refractivity contribution in [1.82, 2.24) is 0 Å². The van der Waals surface area contributed by atoms with E-state index in [-0.39, 0.29) is 12.3 Å². The molecule has 0 aliphatic carbocycles. The minimum absolute atomic E-state index is 0.0555. The van der Waals surface area contributed by atoms with Crippen LogP contribution in [0.4, 0.5) is 0 Å². The summed E-state index contributed by atoms with van der Waals surface area (Å²) in [7, 11) is 0. The van der Waals surface area contributed by atoms with Crippen LogP contribution in [-0.2, 0) is 4.79 Å². The van der Waals surface area contributed by atoms with Gasteiger partial charge in [0.05, 0.1) is 6.42 Å². The van der Waals surface area contributed by atoms with Gasteiger partial charge in [0.25, 0.3) is 0 Å². The quantitative estimate of drug-likeness (QED) is 0.711. The molecule has 0 fully saturated rings. The standard InChI is InChI=1S/C21H18O3/c1-14-3-5-16(6-4-14)7-8-17-9-10-19-18(12-17)13-20(24-19)15(2)11-21(22)23/h3-6,9-10,12-13,15H,11H2,1-2H3,(H,22,23)/t15-/m1/s1. The highest BCUT2D eigenvalue weighted by molar-refractivity contribution is 5.80. The van der Waals surface area contributed by atoms with Crippen molar-refractivity contribution in [1.29, 1.82) is 0 Å². The Hall–Kier alpha value is -2.99. The lowest BCUT2D eigenvalue weighted by Crippen LogP contribution is -2.01. The maximum absolute atomic E-state index is 10.8. The van der Waals surface area contributed by atoms with Crippen molar-refractivity contribution in [2.24, 2.45) is 0 Å². The average Bonchev–Trinajstić information content (AvgIpc) is 2.97. The fourth-order valence-corrected chi connectivity index (χ4v) is 2.53. The van der Waals surface area contributed by atoms with E-state index < -0.39 is 5.97 Å². The number of benzene rings is 2. The van der Waals surface area contributed by atoms with Crippen molar-refractivity contribution < 1.29 is 14.3 Å². The highest BCUT2D eigenvalue weighted by Gasteiger charge is 2.15.